The van der Waals surface area contributed by atoms with Crippen molar-refractivity contribution in [3.63, 3.8) is 0 Å². The Morgan fingerprint density at radius 1 is 0.920 bits per heavy atom. The average Bonchev–Trinajstić information content (AvgIpc) is 2.53. The van der Waals surface area contributed by atoms with Crippen molar-refractivity contribution < 1.29 is 0 Å². The smallest absolute Gasteiger partial charge is 0.0780 e. The molecular weight excluding hydrogens is 370 g/mol. The Balaban J connectivity index is 2.16. The van der Waals surface area contributed by atoms with Gasteiger partial charge in [-0.2, -0.15) is 0 Å². The van der Waals surface area contributed by atoms with Crippen molar-refractivity contribution in [1.29, 1.82) is 0 Å². The van der Waals surface area contributed by atoms with Crippen LogP contribution in [0.5, 0.6) is 0 Å². The van der Waals surface area contributed by atoms with E-state index in [-0.39, 0.29) is 0 Å². The van der Waals surface area contributed by atoms with Crippen molar-refractivity contribution in [3.8, 4) is 11.3 Å². The van der Waals surface area contributed by atoms with Crippen LogP contribution in [0.4, 0.5) is 0 Å². The highest BCUT2D eigenvalue weighted by Crippen LogP contribution is 2.37. The van der Waals surface area contributed by atoms with Crippen LogP contribution in [-0.4, -0.2) is 4.98 Å². The predicted molar refractivity (Wildman–Crippen MR) is 112 cm³/mol. The quantitative estimate of drug-likeness (QED) is 0.447. The molecule has 1 aromatic heterocycles. The molecule has 0 amide bonds. The fraction of sp³-hybridized carbons (Fsp3) is 0.348. The van der Waals surface area contributed by atoms with Crippen LogP contribution in [0.15, 0.2) is 47.1 Å². The first-order chi connectivity index (χ1) is 11.9. The maximum Gasteiger partial charge on any atom is 0.0780 e. The Morgan fingerprint density at radius 3 is 2.24 bits per heavy atom. The zero-order chi connectivity index (χ0) is 18.1. The van der Waals surface area contributed by atoms with Gasteiger partial charge in [-0.3, -0.25) is 4.98 Å². The molecule has 0 aliphatic carbocycles. The third kappa shape index (κ3) is 3.79. The molecule has 0 aliphatic heterocycles. The van der Waals surface area contributed by atoms with Gasteiger partial charge in [0.15, 0.2) is 0 Å². The van der Waals surface area contributed by atoms with Crippen molar-refractivity contribution in [2.24, 2.45) is 5.92 Å². The number of halogens is 1. The topological polar surface area (TPSA) is 12.9 Å². The molecule has 0 bridgehead atoms. The molecular formula is C23H26BrN. The van der Waals surface area contributed by atoms with Gasteiger partial charge in [0.25, 0.3) is 0 Å². The van der Waals surface area contributed by atoms with E-state index in [9.17, 15) is 0 Å². The van der Waals surface area contributed by atoms with Crippen LogP contribution in [0.3, 0.4) is 0 Å². The maximum atomic E-state index is 4.70. The van der Waals surface area contributed by atoms with Gasteiger partial charge in [-0.05, 0) is 77.2 Å². The summed E-state index contributed by atoms with van der Waals surface area (Å²) in [7, 11) is 0. The highest BCUT2D eigenvalue weighted by Gasteiger charge is 2.15. The number of hydrogen-bond acceptors (Lipinski definition) is 1. The lowest BCUT2D eigenvalue weighted by Gasteiger charge is -2.18. The summed E-state index contributed by atoms with van der Waals surface area (Å²) in [6, 6.07) is 13.3. The van der Waals surface area contributed by atoms with Crippen LogP contribution in [0, 0.1) is 19.8 Å². The number of aromatic nitrogens is 1. The second kappa shape index (κ2) is 7.29. The summed E-state index contributed by atoms with van der Waals surface area (Å²) >= 11 is 3.88. The van der Waals surface area contributed by atoms with Crippen molar-refractivity contribution in [3.05, 3.63) is 63.8 Å². The van der Waals surface area contributed by atoms with Gasteiger partial charge in [-0.1, -0.05) is 50.1 Å². The van der Waals surface area contributed by atoms with E-state index >= 15 is 0 Å². The van der Waals surface area contributed by atoms with Crippen molar-refractivity contribution in [2.75, 3.05) is 0 Å². The number of aryl methyl sites for hydroxylation is 2. The first-order valence-electron chi connectivity index (χ1n) is 9.02. The minimum absolute atomic E-state index is 0.539. The lowest BCUT2D eigenvalue weighted by molar-refractivity contribution is 0.523. The molecule has 3 aromatic rings. The van der Waals surface area contributed by atoms with E-state index in [0.717, 1.165) is 5.69 Å². The van der Waals surface area contributed by atoms with Gasteiger partial charge >= 0.3 is 0 Å². The number of hydrogen-bond donors (Lipinski definition) is 0. The van der Waals surface area contributed by atoms with Crippen molar-refractivity contribution in [2.45, 2.75) is 47.0 Å². The van der Waals surface area contributed by atoms with E-state index in [0.29, 0.717) is 11.8 Å². The van der Waals surface area contributed by atoms with Gasteiger partial charge in [0.2, 0.25) is 0 Å². The summed E-state index contributed by atoms with van der Waals surface area (Å²) in [5.74, 6) is 1.23. The fourth-order valence-electron chi connectivity index (χ4n) is 3.79. The Bertz CT molecular complexity index is 891. The van der Waals surface area contributed by atoms with Crippen LogP contribution in [0.1, 0.15) is 49.8 Å². The number of pyridine rings is 1. The number of rotatable bonds is 4. The summed E-state index contributed by atoms with van der Waals surface area (Å²) in [5, 5.41) is 2.46. The first kappa shape index (κ1) is 18.1. The Morgan fingerprint density at radius 2 is 1.60 bits per heavy atom. The van der Waals surface area contributed by atoms with Crippen LogP contribution in [0.25, 0.3) is 22.0 Å². The van der Waals surface area contributed by atoms with E-state index < -0.39 is 0 Å². The highest BCUT2D eigenvalue weighted by molar-refractivity contribution is 9.10. The zero-order valence-electron chi connectivity index (χ0n) is 15.7. The second-order valence-corrected chi connectivity index (χ2v) is 8.42. The minimum atomic E-state index is 0.539. The first-order valence-corrected chi connectivity index (χ1v) is 9.82. The number of fused-ring (bicyclic) bond motifs is 1. The lowest BCUT2D eigenvalue weighted by atomic mass is 9.90. The number of nitrogens with zero attached hydrogens (tertiary/aromatic N) is 1. The standard InChI is InChI=1S/C23H26BrN/c1-14(2)10-17(5)19-6-7-21-20(22(19)24)8-9-25-23(21)18-12-15(3)11-16(4)13-18/h6-9,11-14,17H,10H2,1-5H3. The molecule has 2 heteroatoms. The molecule has 0 aliphatic rings. The summed E-state index contributed by atoms with van der Waals surface area (Å²) in [6.45, 7) is 11.2. The van der Waals surface area contributed by atoms with Crippen LogP contribution in [-0.2, 0) is 0 Å². The molecule has 1 unspecified atom stereocenters. The SMILES string of the molecule is Cc1cc(C)cc(-c2nccc3c(Br)c(C(C)CC(C)C)ccc23)c1. The molecule has 0 saturated heterocycles. The summed E-state index contributed by atoms with van der Waals surface area (Å²) in [4.78, 5) is 4.70. The monoisotopic (exact) mass is 395 g/mol. The molecule has 0 radical (unpaired) electrons. The number of benzene rings is 2. The van der Waals surface area contributed by atoms with Gasteiger partial charge < -0.3 is 0 Å². The van der Waals surface area contributed by atoms with Crippen LogP contribution < -0.4 is 0 Å². The van der Waals surface area contributed by atoms with E-state index in [1.165, 1.54) is 43.9 Å². The molecule has 25 heavy (non-hydrogen) atoms. The summed E-state index contributed by atoms with van der Waals surface area (Å²) in [6.07, 6.45) is 3.12. The van der Waals surface area contributed by atoms with E-state index in [1.54, 1.807) is 0 Å². The molecule has 0 saturated carbocycles. The molecule has 0 fully saturated rings. The van der Waals surface area contributed by atoms with Crippen molar-refractivity contribution >= 4 is 26.7 Å². The van der Waals surface area contributed by atoms with Gasteiger partial charge in [0.1, 0.15) is 0 Å². The summed E-state index contributed by atoms with van der Waals surface area (Å²) in [5.41, 5.74) is 6.19. The Labute approximate surface area is 159 Å². The molecule has 3 rings (SSSR count). The van der Waals surface area contributed by atoms with Gasteiger partial charge in [0.05, 0.1) is 5.69 Å². The van der Waals surface area contributed by atoms with E-state index in [1.807, 2.05) is 6.20 Å². The Kier molecular flexibility index (Phi) is 5.29. The third-order valence-corrected chi connectivity index (χ3v) is 5.65. The predicted octanol–water partition coefficient (Wildman–Crippen LogP) is 7.43. The van der Waals surface area contributed by atoms with E-state index in [4.69, 9.17) is 4.98 Å². The molecule has 1 nitrogen and oxygen atoms in total. The van der Waals surface area contributed by atoms with Gasteiger partial charge in [-0.25, -0.2) is 0 Å². The summed E-state index contributed by atoms with van der Waals surface area (Å²) < 4.78 is 1.21. The lowest BCUT2D eigenvalue weighted by Crippen LogP contribution is -2.00. The van der Waals surface area contributed by atoms with Crippen LogP contribution >= 0.6 is 15.9 Å². The second-order valence-electron chi connectivity index (χ2n) is 7.63. The molecule has 0 spiro atoms. The zero-order valence-corrected chi connectivity index (χ0v) is 17.3. The molecule has 1 heterocycles. The Hall–Kier alpha value is -1.67. The minimum Gasteiger partial charge on any atom is -0.256 e. The normalized spacial score (nSPS) is 12.8. The van der Waals surface area contributed by atoms with Gasteiger partial charge in [0, 0.05) is 21.6 Å². The van der Waals surface area contributed by atoms with Gasteiger partial charge in [-0.15, -0.1) is 0 Å². The molecule has 1 atom stereocenters. The molecule has 130 valence electrons. The van der Waals surface area contributed by atoms with E-state index in [2.05, 4.69) is 86.9 Å². The largest absolute Gasteiger partial charge is 0.256 e. The molecule has 0 N–H and O–H groups in total. The van der Waals surface area contributed by atoms with Crippen LogP contribution in [0.2, 0.25) is 0 Å². The average molecular weight is 396 g/mol. The van der Waals surface area contributed by atoms with Crippen molar-refractivity contribution in [1.82, 2.24) is 4.98 Å². The fourth-order valence-corrected chi connectivity index (χ4v) is 4.66. The third-order valence-electron chi connectivity index (χ3n) is 4.76. The maximum absolute atomic E-state index is 4.70. The highest BCUT2D eigenvalue weighted by atomic mass is 79.9. The molecule has 2 aromatic carbocycles.